The Hall–Kier alpha value is -0.980. The molecule has 0 rings (SSSR count). The van der Waals surface area contributed by atoms with Crippen LogP contribution < -0.4 is 0 Å². The maximum Gasteiger partial charge on any atom is 0.00417 e. The minimum absolute atomic E-state index is 1.22. The minimum atomic E-state index is 1.22. The van der Waals surface area contributed by atoms with Crippen LogP contribution in [0.25, 0.3) is 0 Å². The van der Waals surface area contributed by atoms with Crippen LogP contribution in [0.1, 0.15) is 387 Å². The quantitative estimate of drug-likeness (QED) is 0.0549. The third-order valence-corrected chi connectivity index (χ3v) is 15.0. The molecule has 0 saturated carbocycles. The fourth-order valence-corrected chi connectivity index (χ4v) is 10.2. The zero-order valence-corrected chi connectivity index (χ0v) is 47.2. The second-order valence-electron chi connectivity index (χ2n) is 22.0. The van der Waals surface area contributed by atoms with E-state index in [1.807, 2.05) is 0 Å². The Morgan fingerprint density at radius 1 is 0.164 bits per heavy atom. The number of hydrogen-bond acceptors (Lipinski definition) is 1. The van der Waals surface area contributed by atoms with Gasteiger partial charge in [0, 0.05) is 18.6 Å². The number of nitrogens with zero attached hydrogens (tertiary/aromatic N) is 1. The number of unbranched alkanes of at least 4 members (excludes halogenated alkanes) is 54. The van der Waals surface area contributed by atoms with Crippen molar-refractivity contribution in [1.29, 1.82) is 0 Å². The lowest BCUT2D eigenvalue weighted by Crippen LogP contribution is -1.99. The smallest absolute Gasteiger partial charge is 0.00417 e. The van der Waals surface area contributed by atoms with Gasteiger partial charge in [-0.3, -0.25) is 0 Å². The third-order valence-electron chi connectivity index (χ3n) is 15.0. The molecule has 0 atom stereocenters. The standard InChI is InChI=1S/C66H129N/c1-4-7-10-13-16-19-22-25-28-31-34-37-40-43-46-49-52-55-58-61-64-67(65-62-59-56-53-50-47-44-41-38-35-32-29-26-23-20-17-14-11-8-5-2)66-63-60-57-54-51-48-45-42-39-36-33-30-27-24-21-18-15-12-9-6-3/h61-66H,4-60H2,1-3H3. The summed E-state index contributed by atoms with van der Waals surface area (Å²) in [6, 6.07) is 0. The molecule has 0 aromatic heterocycles. The Morgan fingerprint density at radius 3 is 0.418 bits per heavy atom. The van der Waals surface area contributed by atoms with Gasteiger partial charge in [-0.15, -0.1) is 0 Å². The molecule has 0 aromatic carbocycles. The molecule has 1 nitrogen and oxygen atoms in total. The highest BCUT2D eigenvalue weighted by Crippen LogP contribution is 2.18. The molecule has 398 valence electrons. The second-order valence-corrected chi connectivity index (χ2v) is 22.0. The molecule has 0 saturated heterocycles. The first-order valence-electron chi connectivity index (χ1n) is 32.1. The predicted molar refractivity (Wildman–Crippen MR) is 309 cm³/mol. The zero-order valence-electron chi connectivity index (χ0n) is 47.2. The van der Waals surface area contributed by atoms with Gasteiger partial charge < -0.3 is 4.90 Å². The Kier molecular flexibility index (Phi) is 62.1. The molecule has 0 unspecified atom stereocenters. The first kappa shape index (κ1) is 66.0. The van der Waals surface area contributed by atoms with E-state index < -0.39 is 0 Å². The van der Waals surface area contributed by atoms with E-state index in [4.69, 9.17) is 0 Å². The van der Waals surface area contributed by atoms with Gasteiger partial charge >= 0.3 is 0 Å². The van der Waals surface area contributed by atoms with Gasteiger partial charge in [0.15, 0.2) is 0 Å². The van der Waals surface area contributed by atoms with Crippen molar-refractivity contribution in [3.8, 4) is 0 Å². The summed E-state index contributed by atoms with van der Waals surface area (Å²) in [5, 5.41) is 0. The van der Waals surface area contributed by atoms with Gasteiger partial charge in [-0.25, -0.2) is 0 Å². The van der Waals surface area contributed by atoms with Crippen molar-refractivity contribution in [1.82, 2.24) is 4.90 Å². The van der Waals surface area contributed by atoms with Crippen molar-refractivity contribution in [3.63, 3.8) is 0 Å². The molecule has 67 heavy (non-hydrogen) atoms. The summed E-state index contributed by atoms with van der Waals surface area (Å²) in [7, 11) is 0. The fraction of sp³-hybridized carbons (Fsp3) is 0.909. The molecule has 0 radical (unpaired) electrons. The largest absolute Gasteiger partial charge is 0.332 e. The summed E-state index contributed by atoms with van der Waals surface area (Å²) in [6.45, 7) is 6.94. The van der Waals surface area contributed by atoms with Crippen molar-refractivity contribution < 1.29 is 0 Å². The summed E-state index contributed by atoms with van der Waals surface area (Å²) in [6.07, 6.45) is 96.2. The van der Waals surface area contributed by atoms with E-state index in [1.54, 1.807) is 0 Å². The zero-order chi connectivity index (χ0) is 48.1. The van der Waals surface area contributed by atoms with Gasteiger partial charge in [0.2, 0.25) is 0 Å². The van der Waals surface area contributed by atoms with Crippen LogP contribution in [-0.4, -0.2) is 4.90 Å². The summed E-state index contributed by atoms with van der Waals surface area (Å²) in [4.78, 5) is 2.36. The maximum atomic E-state index is 2.44. The molecule has 0 aliphatic rings. The molecule has 0 N–H and O–H groups in total. The predicted octanol–water partition coefficient (Wildman–Crippen LogP) is 25.1. The average Bonchev–Trinajstić information content (AvgIpc) is 3.34. The highest BCUT2D eigenvalue weighted by atomic mass is 15.1. The van der Waals surface area contributed by atoms with Crippen LogP contribution in [0.4, 0.5) is 0 Å². The number of allylic oxidation sites excluding steroid dienone is 3. The minimum Gasteiger partial charge on any atom is -0.332 e. The highest BCUT2D eigenvalue weighted by molar-refractivity contribution is 4.99. The van der Waals surface area contributed by atoms with Crippen LogP contribution in [0.2, 0.25) is 0 Å². The van der Waals surface area contributed by atoms with Crippen molar-refractivity contribution in [2.45, 2.75) is 387 Å². The summed E-state index contributed by atoms with van der Waals surface area (Å²) in [5.74, 6) is 0. The maximum absolute atomic E-state index is 2.44. The van der Waals surface area contributed by atoms with E-state index in [-0.39, 0.29) is 0 Å². The van der Waals surface area contributed by atoms with E-state index in [0.717, 1.165) is 0 Å². The molecule has 0 amide bonds. The Morgan fingerprint density at radius 2 is 0.284 bits per heavy atom. The molecule has 0 heterocycles. The van der Waals surface area contributed by atoms with Crippen LogP contribution in [0.15, 0.2) is 36.8 Å². The topological polar surface area (TPSA) is 3.24 Å². The lowest BCUT2D eigenvalue weighted by atomic mass is 10.0. The summed E-state index contributed by atoms with van der Waals surface area (Å²) in [5.41, 5.74) is 0. The van der Waals surface area contributed by atoms with Crippen LogP contribution >= 0.6 is 0 Å². The molecule has 0 aromatic rings. The highest BCUT2D eigenvalue weighted by Gasteiger charge is 1.99. The van der Waals surface area contributed by atoms with Crippen molar-refractivity contribution >= 4 is 0 Å². The van der Waals surface area contributed by atoms with Gasteiger partial charge in [0.1, 0.15) is 0 Å². The Balaban J connectivity index is 4.14. The van der Waals surface area contributed by atoms with E-state index in [2.05, 4.69) is 62.5 Å². The van der Waals surface area contributed by atoms with E-state index in [9.17, 15) is 0 Å². The first-order valence-corrected chi connectivity index (χ1v) is 32.1. The van der Waals surface area contributed by atoms with Crippen molar-refractivity contribution in [2.24, 2.45) is 0 Å². The molecule has 0 aliphatic heterocycles. The lowest BCUT2D eigenvalue weighted by Gasteiger charge is -2.10. The van der Waals surface area contributed by atoms with E-state index >= 15 is 0 Å². The van der Waals surface area contributed by atoms with Crippen LogP contribution in [0.3, 0.4) is 0 Å². The third kappa shape index (κ3) is 61.1. The van der Waals surface area contributed by atoms with Crippen LogP contribution in [-0.2, 0) is 0 Å². The molecule has 0 fully saturated rings. The van der Waals surface area contributed by atoms with Crippen LogP contribution in [0.5, 0.6) is 0 Å². The monoisotopic (exact) mass is 936 g/mol. The summed E-state index contributed by atoms with van der Waals surface area (Å²) >= 11 is 0. The van der Waals surface area contributed by atoms with Gasteiger partial charge in [-0.05, 0) is 38.5 Å². The molecule has 1 heteroatoms. The molecule has 0 bridgehead atoms. The molecule has 0 spiro atoms. The number of rotatable bonds is 60. The fourth-order valence-electron chi connectivity index (χ4n) is 10.2. The Bertz CT molecular complexity index is 811. The first-order chi connectivity index (χ1) is 33.3. The lowest BCUT2D eigenvalue weighted by molar-refractivity contribution is 0.525. The normalized spacial score (nSPS) is 12.0. The number of hydrogen-bond donors (Lipinski definition) is 0. The Labute approximate surface area is 426 Å². The van der Waals surface area contributed by atoms with Gasteiger partial charge in [0.05, 0.1) is 0 Å². The SMILES string of the molecule is CCCCCCCCCCCCCCCCCCCCC=CN(C=CCCCCCCCCCCCCCCCCCCCC)C=CCCCCCCCCCCCCCCCCCCCC. The van der Waals surface area contributed by atoms with Crippen molar-refractivity contribution in [3.05, 3.63) is 36.8 Å². The average molecular weight is 937 g/mol. The second kappa shape index (κ2) is 63.0. The van der Waals surface area contributed by atoms with Gasteiger partial charge in [-0.2, -0.15) is 0 Å². The van der Waals surface area contributed by atoms with Gasteiger partial charge in [-0.1, -0.05) is 366 Å². The van der Waals surface area contributed by atoms with Crippen LogP contribution in [0, 0.1) is 0 Å². The van der Waals surface area contributed by atoms with E-state index in [0.29, 0.717) is 0 Å². The van der Waals surface area contributed by atoms with Crippen molar-refractivity contribution in [2.75, 3.05) is 0 Å². The van der Waals surface area contributed by atoms with E-state index in [1.165, 1.54) is 366 Å². The van der Waals surface area contributed by atoms with Gasteiger partial charge in [0.25, 0.3) is 0 Å². The summed E-state index contributed by atoms with van der Waals surface area (Å²) < 4.78 is 0. The molecular formula is C66H129N. The molecule has 0 aliphatic carbocycles. The molecular weight excluding hydrogens is 807 g/mol.